The zero-order valence-corrected chi connectivity index (χ0v) is 12.7. The number of fused-ring (bicyclic) bond motifs is 1. The smallest absolute Gasteiger partial charge is 0.231 e. The van der Waals surface area contributed by atoms with Gasteiger partial charge >= 0.3 is 0 Å². The normalized spacial score (nSPS) is 15.8. The highest BCUT2D eigenvalue weighted by Crippen LogP contribution is 2.34. The summed E-state index contributed by atoms with van der Waals surface area (Å²) < 4.78 is 10.8. The van der Waals surface area contributed by atoms with Crippen LogP contribution in [0.15, 0.2) is 42.5 Å². The highest BCUT2D eigenvalue weighted by molar-refractivity contribution is 5.45. The number of benzene rings is 2. The van der Waals surface area contributed by atoms with Crippen LogP contribution in [0, 0.1) is 6.92 Å². The van der Waals surface area contributed by atoms with E-state index in [2.05, 4.69) is 62.5 Å². The van der Waals surface area contributed by atoms with E-state index < -0.39 is 0 Å². The molecule has 1 aliphatic heterocycles. The summed E-state index contributed by atoms with van der Waals surface area (Å²) in [5.74, 6) is 1.67. The quantitative estimate of drug-likeness (QED) is 0.915. The van der Waals surface area contributed by atoms with Crippen LogP contribution < -0.4 is 14.8 Å². The molecule has 2 aromatic carbocycles. The maximum atomic E-state index is 5.44. The molecule has 2 atom stereocenters. The van der Waals surface area contributed by atoms with E-state index in [1.54, 1.807) is 0 Å². The van der Waals surface area contributed by atoms with Crippen LogP contribution in [0.5, 0.6) is 11.5 Å². The Morgan fingerprint density at radius 2 is 1.48 bits per heavy atom. The molecule has 0 bridgehead atoms. The molecule has 0 aliphatic carbocycles. The van der Waals surface area contributed by atoms with Gasteiger partial charge in [-0.3, -0.25) is 0 Å². The summed E-state index contributed by atoms with van der Waals surface area (Å²) >= 11 is 0. The highest BCUT2D eigenvalue weighted by atomic mass is 16.7. The van der Waals surface area contributed by atoms with Crippen molar-refractivity contribution in [1.29, 1.82) is 0 Å². The fourth-order valence-electron chi connectivity index (χ4n) is 2.61. The van der Waals surface area contributed by atoms with Gasteiger partial charge in [0.1, 0.15) is 0 Å². The number of rotatable bonds is 4. The molecule has 1 heterocycles. The van der Waals surface area contributed by atoms with Crippen LogP contribution in [-0.2, 0) is 0 Å². The van der Waals surface area contributed by atoms with Gasteiger partial charge in [0.15, 0.2) is 11.5 Å². The Bertz CT molecular complexity index is 622. The third kappa shape index (κ3) is 3.03. The summed E-state index contributed by atoms with van der Waals surface area (Å²) in [7, 11) is 0. The Balaban J connectivity index is 1.70. The van der Waals surface area contributed by atoms with E-state index in [0.29, 0.717) is 12.8 Å². The van der Waals surface area contributed by atoms with Gasteiger partial charge in [-0.05, 0) is 44.0 Å². The average Bonchev–Trinajstić information content (AvgIpc) is 2.95. The second-order valence-electron chi connectivity index (χ2n) is 5.63. The van der Waals surface area contributed by atoms with Crippen LogP contribution in [0.4, 0.5) is 0 Å². The fourth-order valence-corrected chi connectivity index (χ4v) is 2.61. The first kappa shape index (κ1) is 14.0. The van der Waals surface area contributed by atoms with E-state index in [0.717, 1.165) is 11.5 Å². The molecule has 3 rings (SSSR count). The van der Waals surface area contributed by atoms with Crippen molar-refractivity contribution in [2.45, 2.75) is 32.9 Å². The molecule has 1 aliphatic rings. The summed E-state index contributed by atoms with van der Waals surface area (Å²) in [6.07, 6.45) is 0. The first-order chi connectivity index (χ1) is 10.1. The molecular formula is C18H21NO2. The summed E-state index contributed by atoms with van der Waals surface area (Å²) in [5, 5.41) is 3.63. The maximum absolute atomic E-state index is 5.44. The van der Waals surface area contributed by atoms with Crippen LogP contribution in [0.3, 0.4) is 0 Å². The number of hydrogen-bond acceptors (Lipinski definition) is 3. The zero-order chi connectivity index (χ0) is 14.8. The lowest BCUT2D eigenvalue weighted by Crippen LogP contribution is -2.22. The van der Waals surface area contributed by atoms with Crippen LogP contribution in [0.2, 0.25) is 0 Å². The molecule has 0 spiro atoms. The molecule has 0 saturated heterocycles. The van der Waals surface area contributed by atoms with Crippen LogP contribution in [-0.4, -0.2) is 6.79 Å². The first-order valence-corrected chi connectivity index (χ1v) is 7.35. The summed E-state index contributed by atoms with van der Waals surface area (Å²) in [4.78, 5) is 0. The number of hydrogen-bond donors (Lipinski definition) is 1. The van der Waals surface area contributed by atoms with Gasteiger partial charge in [0.2, 0.25) is 6.79 Å². The third-order valence-corrected chi connectivity index (χ3v) is 3.97. The topological polar surface area (TPSA) is 30.5 Å². The van der Waals surface area contributed by atoms with Crippen molar-refractivity contribution in [2.24, 2.45) is 0 Å². The Hall–Kier alpha value is -2.00. The van der Waals surface area contributed by atoms with Crippen molar-refractivity contribution >= 4 is 0 Å². The lowest BCUT2D eigenvalue weighted by molar-refractivity contribution is 0.174. The van der Waals surface area contributed by atoms with Crippen LogP contribution in [0.1, 0.15) is 42.6 Å². The molecule has 3 nitrogen and oxygen atoms in total. The van der Waals surface area contributed by atoms with E-state index in [1.807, 2.05) is 6.07 Å². The SMILES string of the molecule is Cc1ccc([C@H](C)NC(C)c2ccc3c(c2)OCO3)cc1. The number of ether oxygens (including phenoxy) is 2. The van der Waals surface area contributed by atoms with Crippen LogP contribution >= 0.6 is 0 Å². The summed E-state index contributed by atoms with van der Waals surface area (Å²) in [5.41, 5.74) is 3.79. The second-order valence-corrected chi connectivity index (χ2v) is 5.63. The molecule has 110 valence electrons. The lowest BCUT2D eigenvalue weighted by Gasteiger charge is -2.21. The minimum Gasteiger partial charge on any atom is -0.454 e. The lowest BCUT2D eigenvalue weighted by atomic mass is 10.0. The number of aryl methyl sites for hydroxylation is 1. The molecule has 0 amide bonds. The van der Waals surface area contributed by atoms with Crippen molar-refractivity contribution in [3.63, 3.8) is 0 Å². The molecule has 0 radical (unpaired) electrons. The molecule has 0 fully saturated rings. The van der Waals surface area contributed by atoms with Gasteiger partial charge in [-0.1, -0.05) is 35.9 Å². The molecule has 1 N–H and O–H groups in total. The van der Waals surface area contributed by atoms with E-state index in [9.17, 15) is 0 Å². The Morgan fingerprint density at radius 1 is 0.857 bits per heavy atom. The molecule has 3 heteroatoms. The predicted octanol–water partition coefficient (Wildman–Crippen LogP) is 4.14. The Labute approximate surface area is 125 Å². The van der Waals surface area contributed by atoms with Gasteiger partial charge in [-0.15, -0.1) is 0 Å². The largest absolute Gasteiger partial charge is 0.454 e. The van der Waals surface area contributed by atoms with E-state index >= 15 is 0 Å². The first-order valence-electron chi connectivity index (χ1n) is 7.35. The Kier molecular flexibility index (Phi) is 3.84. The summed E-state index contributed by atoms with van der Waals surface area (Å²) in [6, 6.07) is 15.3. The zero-order valence-electron chi connectivity index (χ0n) is 12.7. The molecular weight excluding hydrogens is 262 g/mol. The Morgan fingerprint density at radius 3 is 2.24 bits per heavy atom. The van der Waals surface area contributed by atoms with Gasteiger partial charge in [0.05, 0.1) is 0 Å². The van der Waals surface area contributed by atoms with Crippen molar-refractivity contribution in [3.05, 3.63) is 59.2 Å². The fraction of sp³-hybridized carbons (Fsp3) is 0.333. The predicted molar refractivity (Wildman–Crippen MR) is 83.7 cm³/mol. The highest BCUT2D eigenvalue weighted by Gasteiger charge is 2.17. The molecule has 2 aromatic rings. The minimum absolute atomic E-state index is 0.246. The van der Waals surface area contributed by atoms with Gasteiger partial charge in [0, 0.05) is 12.1 Å². The third-order valence-electron chi connectivity index (χ3n) is 3.97. The molecule has 1 unspecified atom stereocenters. The van der Waals surface area contributed by atoms with E-state index in [-0.39, 0.29) is 6.04 Å². The average molecular weight is 283 g/mol. The van der Waals surface area contributed by atoms with Crippen molar-refractivity contribution in [2.75, 3.05) is 6.79 Å². The maximum Gasteiger partial charge on any atom is 0.231 e. The van der Waals surface area contributed by atoms with Gasteiger partial charge in [-0.2, -0.15) is 0 Å². The van der Waals surface area contributed by atoms with Crippen molar-refractivity contribution in [1.82, 2.24) is 5.32 Å². The van der Waals surface area contributed by atoms with Crippen molar-refractivity contribution < 1.29 is 9.47 Å². The molecule has 21 heavy (non-hydrogen) atoms. The number of nitrogens with one attached hydrogen (secondary N) is 1. The monoisotopic (exact) mass is 283 g/mol. The van der Waals surface area contributed by atoms with E-state index in [4.69, 9.17) is 9.47 Å². The van der Waals surface area contributed by atoms with Gasteiger partial charge < -0.3 is 14.8 Å². The standard InChI is InChI=1S/C18H21NO2/c1-12-4-6-15(7-5-12)13(2)19-14(3)16-8-9-17-18(10-16)21-11-20-17/h4-10,13-14,19H,11H2,1-3H3/t13-,14?/m0/s1. The molecule has 0 aromatic heterocycles. The molecule has 0 saturated carbocycles. The second kappa shape index (κ2) is 5.78. The van der Waals surface area contributed by atoms with Crippen LogP contribution in [0.25, 0.3) is 0 Å². The van der Waals surface area contributed by atoms with Crippen molar-refractivity contribution in [3.8, 4) is 11.5 Å². The van der Waals surface area contributed by atoms with Gasteiger partial charge in [0.25, 0.3) is 0 Å². The summed E-state index contributed by atoms with van der Waals surface area (Å²) in [6.45, 7) is 6.79. The minimum atomic E-state index is 0.246. The van der Waals surface area contributed by atoms with E-state index in [1.165, 1.54) is 16.7 Å². The van der Waals surface area contributed by atoms with Gasteiger partial charge in [-0.25, -0.2) is 0 Å².